The van der Waals surface area contributed by atoms with Gasteiger partial charge in [0.25, 0.3) is 0 Å². The van der Waals surface area contributed by atoms with E-state index in [1.54, 1.807) is 0 Å². The first-order chi connectivity index (χ1) is 10.5. The minimum Gasteiger partial charge on any atom is -0.377 e. The Kier molecular flexibility index (Phi) is 5.28. The fourth-order valence-corrected chi connectivity index (χ4v) is 2.19. The lowest BCUT2D eigenvalue weighted by Crippen LogP contribution is -2.31. The van der Waals surface area contributed by atoms with Gasteiger partial charge in [-0.3, -0.25) is 15.6 Å². The van der Waals surface area contributed by atoms with Gasteiger partial charge in [-0.1, -0.05) is 11.3 Å². The molecule has 10 heteroatoms. The molecule has 0 bridgehead atoms. The van der Waals surface area contributed by atoms with Crippen molar-refractivity contribution in [3.05, 3.63) is 40.2 Å². The quantitative estimate of drug-likeness (QED) is 0.623. The average Bonchev–Trinajstić information content (AvgIpc) is 2.91. The van der Waals surface area contributed by atoms with Crippen LogP contribution in [0.4, 0.5) is 18.3 Å². The van der Waals surface area contributed by atoms with Crippen LogP contribution in [0.1, 0.15) is 10.6 Å². The standard InChI is InChI=1S/C12H11F3N4O2S/c1-21-5-11-17-19-12(22-11)18-16-10(20)3-6-2-8(14)9(15)4-7(6)13/h2,4H,3,5H2,1H3,(H,16,20)(H,18,19). The highest BCUT2D eigenvalue weighted by molar-refractivity contribution is 7.15. The predicted octanol–water partition coefficient (Wildman–Crippen LogP) is 1.79. The lowest BCUT2D eigenvalue weighted by atomic mass is 10.1. The second-order valence-electron chi connectivity index (χ2n) is 4.14. The van der Waals surface area contributed by atoms with E-state index >= 15 is 0 Å². The number of anilines is 1. The Hall–Kier alpha value is -2.20. The molecule has 118 valence electrons. The van der Waals surface area contributed by atoms with Crippen molar-refractivity contribution in [3.8, 4) is 0 Å². The summed E-state index contributed by atoms with van der Waals surface area (Å²) in [6.45, 7) is 0.285. The number of nitrogens with one attached hydrogen (secondary N) is 2. The van der Waals surface area contributed by atoms with Crippen molar-refractivity contribution < 1.29 is 22.7 Å². The molecule has 1 aromatic heterocycles. The monoisotopic (exact) mass is 332 g/mol. The molecule has 0 saturated heterocycles. The summed E-state index contributed by atoms with van der Waals surface area (Å²) in [7, 11) is 1.51. The number of aromatic nitrogens is 2. The fourth-order valence-electron chi connectivity index (χ4n) is 1.53. The molecule has 1 amide bonds. The third-order valence-electron chi connectivity index (χ3n) is 2.48. The minimum absolute atomic E-state index is 0.254. The van der Waals surface area contributed by atoms with Gasteiger partial charge in [-0.05, 0) is 6.07 Å². The zero-order chi connectivity index (χ0) is 16.1. The Morgan fingerprint density at radius 1 is 1.23 bits per heavy atom. The number of benzene rings is 1. The van der Waals surface area contributed by atoms with Gasteiger partial charge in [-0.25, -0.2) is 13.2 Å². The van der Waals surface area contributed by atoms with Crippen molar-refractivity contribution in [1.82, 2.24) is 15.6 Å². The maximum absolute atomic E-state index is 13.4. The van der Waals surface area contributed by atoms with Crippen LogP contribution in [-0.4, -0.2) is 23.2 Å². The Morgan fingerprint density at radius 2 is 1.95 bits per heavy atom. The molecule has 0 aliphatic carbocycles. The molecule has 2 rings (SSSR count). The highest BCUT2D eigenvalue weighted by Crippen LogP contribution is 2.16. The molecule has 0 spiro atoms. The van der Waals surface area contributed by atoms with E-state index in [2.05, 4.69) is 21.0 Å². The topological polar surface area (TPSA) is 76.1 Å². The molecule has 0 radical (unpaired) electrons. The molecule has 0 aliphatic heterocycles. The van der Waals surface area contributed by atoms with E-state index in [0.29, 0.717) is 22.3 Å². The lowest BCUT2D eigenvalue weighted by molar-refractivity contribution is -0.120. The Morgan fingerprint density at radius 3 is 2.68 bits per heavy atom. The Labute approximate surface area is 127 Å². The van der Waals surface area contributed by atoms with Crippen molar-refractivity contribution in [3.63, 3.8) is 0 Å². The maximum Gasteiger partial charge on any atom is 0.242 e. The van der Waals surface area contributed by atoms with Gasteiger partial charge in [0.15, 0.2) is 11.6 Å². The molecule has 1 aromatic carbocycles. The summed E-state index contributed by atoms with van der Waals surface area (Å²) in [5.74, 6) is -4.16. The highest BCUT2D eigenvalue weighted by Gasteiger charge is 2.13. The molecule has 0 fully saturated rings. The predicted molar refractivity (Wildman–Crippen MR) is 72.4 cm³/mol. The number of hydrazine groups is 1. The summed E-state index contributed by atoms with van der Waals surface area (Å²) in [6, 6.07) is 1.04. The summed E-state index contributed by atoms with van der Waals surface area (Å²) in [4.78, 5) is 11.6. The van der Waals surface area contributed by atoms with Gasteiger partial charge in [0.1, 0.15) is 17.4 Å². The van der Waals surface area contributed by atoms with Crippen molar-refractivity contribution in [2.45, 2.75) is 13.0 Å². The summed E-state index contributed by atoms with van der Waals surface area (Å²) in [5.41, 5.74) is 4.49. The molecule has 6 nitrogen and oxygen atoms in total. The number of methoxy groups -OCH3 is 1. The van der Waals surface area contributed by atoms with Crippen molar-refractivity contribution in [2.24, 2.45) is 0 Å². The van der Waals surface area contributed by atoms with Gasteiger partial charge in [-0.2, -0.15) is 0 Å². The molecule has 0 atom stereocenters. The number of nitrogens with zero attached hydrogens (tertiary/aromatic N) is 2. The summed E-state index contributed by atoms with van der Waals surface area (Å²) in [5, 5.41) is 8.43. The van der Waals surface area contributed by atoms with Gasteiger partial charge < -0.3 is 4.74 Å². The third kappa shape index (κ3) is 4.15. The van der Waals surface area contributed by atoms with Crippen molar-refractivity contribution >= 4 is 22.4 Å². The number of hydrogen-bond acceptors (Lipinski definition) is 6. The first-order valence-electron chi connectivity index (χ1n) is 5.99. The molecule has 0 aliphatic rings. The molecule has 2 aromatic rings. The fraction of sp³-hybridized carbons (Fsp3) is 0.250. The highest BCUT2D eigenvalue weighted by atomic mass is 32.1. The smallest absolute Gasteiger partial charge is 0.242 e. The van der Waals surface area contributed by atoms with E-state index < -0.39 is 29.8 Å². The number of carbonyl (C=O) groups is 1. The van der Waals surface area contributed by atoms with Gasteiger partial charge in [0.2, 0.25) is 11.0 Å². The number of rotatable bonds is 6. The molecule has 2 N–H and O–H groups in total. The van der Waals surface area contributed by atoms with Crippen LogP contribution in [0.15, 0.2) is 12.1 Å². The largest absolute Gasteiger partial charge is 0.377 e. The SMILES string of the molecule is COCc1nnc(NNC(=O)Cc2cc(F)c(F)cc2F)s1. The van der Waals surface area contributed by atoms with Crippen LogP contribution in [0, 0.1) is 17.5 Å². The van der Waals surface area contributed by atoms with Crippen LogP contribution in [0.2, 0.25) is 0 Å². The molecule has 0 saturated carbocycles. The van der Waals surface area contributed by atoms with Crippen LogP contribution < -0.4 is 10.9 Å². The summed E-state index contributed by atoms with van der Waals surface area (Å²) < 4.78 is 44.1. The molecular formula is C12H11F3N4O2S. The van der Waals surface area contributed by atoms with E-state index in [1.807, 2.05) is 0 Å². The van der Waals surface area contributed by atoms with E-state index in [9.17, 15) is 18.0 Å². The summed E-state index contributed by atoms with van der Waals surface area (Å²) in [6.07, 6.45) is -0.459. The van der Waals surface area contributed by atoms with Crippen LogP contribution in [0.3, 0.4) is 0 Å². The summed E-state index contributed by atoms with van der Waals surface area (Å²) >= 11 is 1.16. The lowest BCUT2D eigenvalue weighted by Gasteiger charge is -2.06. The van der Waals surface area contributed by atoms with E-state index in [4.69, 9.17) is 4.74 Å². The minimum atomic E-state index is -1.31. The van der Waals surface area contributed by atoms with Gasteiger partial charge >= 0.3 is 0 Å². The van der Waals surface area contributed by atoms with Crippen LogP contribution in [-0.2, 0) is 22.6 Å². The van der Waals surface area contributed by atoms with E-state index in [0.717, 1.165) is 11.3 Å². The average molecular weight is 332 g/mol. The Balaban J connectivity index is 1.91. The number of amides is 1. The van der Waals surface area contributed by atoms with E-state index in [1.165, 1.54) is 7.11 Å². The normalized spacial score (nSPS) is 10.5. The molecule has 0 unspecified atom stereocenters. The van der Waals surface area contributed by atoms with Crippen molar-refractivity contribution in [1.29, 1.82) is 0 Å². The van der Waals surface area contributed by atoms with Gasteiger partial charge in [0, 0.05) is 18.7 Å². The third-order valence-corrected chi connectivity index (χ3v) is 3.30. The number of carbonyl (C=O) groups excluding carboxylic acids is 1. The number of halogens is 3. The second kappa shape index (κ2) is 7.18. The second-order valence-corrected chi connectivity index (χ2v) is 5.20. The van der Waals surface area contributed by atoms with Crippen LogP contribution in [0.25, 0.3) is 0 Å². The van der Waals surface area contributed by atoms with Crippen LogP contribution in [0.5, 0.6) is 0 Å². The zero-order valence-corrected chi connectivity index (χ0v) is 12.1. The Bertz CT molecular complexity index is 680. The van der Waals surface area contributed by atoms with Crippen LogP contribution >= 0.6 is 11.3 Å². The molecule has 22 heavy (non-hydrogen) atoms. The first-order valence-corrected chi connectivity index (χ1v) is 6.81. The first kappa shape index (κ1) is 16.2. The maximum atomic E-state index is 13.4. The molecule has 1 heterocycles. The molecular weight excluding hydrogens is 321 g/mol. The van der Waals surface area contributed by atoms with Gasteiger partial charge in [0.05, 0.1) is 6.42 Å². The zero-order valence-electron chi connectivity index (χ0n) is 11.3. The number of ether oxygens (including phenoxy) is 1. The number of hydrogen-bond donors (Lipinski definition) is 2. The van der Waals surface area contributed by atoms with Gasteiger partial charge in [-0.15, -0.1) is 10.2 Å². The van der Waals surface area contributed by atoms with E-state index in [-0.39, 0.29) is 12.2 Å². The van der Waals surface area contributed by atoms with Crippen molar-refractivity contribution in [2.75, 3.05) is 12.5 Å².